The van der Waals surface area contributed by atoms with E-state index in [9.17, 15) is 19.2 Å². The van der Waals surface area contributed by atoms with E-state index in [-0.39, 0.29) is 31.3 Å². The van der Waals surface area contributed by atoms with E-state index in [0.29, 0.717) is 12.0 Å². The van der Waals surface area contributed by atoms with Gasteiger partial charge in [0.1, 0.15) is 25.0 Å². The van der Waals surface area contributed by atoms with E-state index in [0.717, 1.165) is 38.5 Å². The average molecular weight is 677 g/mol. The van der Waals surface area contributed by atoms with E-state index in [1.54, 1.807) is 20.8 Å². The monoisotopic (exact) mass is 676 g/mol. The normalized spacial score (nSPS) is 18.9. The fourth-order valence-electron chi connectivity index (χ4n) is 4.88. The zero-order valence-corrected chi connectivity index (χ0v) is 29.2. The highest BCUT2D eigenvalue weighted by Gasteiger charge is 2.38. The van der Waals surface area contributed by atoms with Crippen LogP contribution in [0.2, 0.25) is 0 Å². The van der Waals surface area contributed by atoms with Crippen LogP contribution in [-0.2, 0) is 19.1 Å². The van der Waals surface area contributed by atoms with Crippen molar-refractivity contribution in [1.29, 1.82) is 0 Å². The molecule has 1 aliphatic heterocycles. The molecule has 266 valence electrons. The predicted octanol–water partition coefficient (Wildman–Crippen LogP) is 6.97. The molecule has 1 saturated heterocycles. The summed E-state index contributed by atoms with van der Waals surface area (Å²) in [6.45, 7) is 7.04. The van der Waals surface area contributed by atoms with Crippen molar-refractivity contribution in [1.82, 2.24) is 14.9 Å². The molecule has 2 rings (SSSR count). The quantitative estimate of drug-likeness (QED) is 0.0468. The number of rotatable bonds is 21. The number of aryl methyl sites for hydroxylation is 1. The Balaban J connectivity index is 1.70. The molecule has 1 fully saturated rings. The standard InChI is InChI=1S/C37H52N6O6/c1-5-6-7-8-9-10-11-12-13-14-15-16-17-18-19-20-21-22-23-24-32(44)39-34(28(2)3)36(46)48-27-31-30(41-42-38)25-33(49-31)43-26-29(4)35(45)40-37(43)47/h6-7,9-10,12-13,15-16,18-19,21-22,26,28,30-31,33-34H,5,8,11,14,17,20,23-25,27H2,1-4H3,(H,39,44)(H,40,45,47)/b7-6-,10-9-,13-12-,16-15-,19-18-,22-21-/t30-,31+,33+,34-/m0/s1. The molecule has 1 aromatic rings. The molecule has 0 aliphatic carbocycles. The fraction of sp³-hybridized carbons (Fsp3) is 0.514. The highest BCUT2D eigenvalue weighted by molar-refractivity contribution is 5.84. The first kappa shape index (κ1) is 40.5. The largest absolute Gasteiger partial charge is 0.461 e. The summed E-state index contributed by atoms with van der Waals surface area (Å²) in [6, 6.07) is -1.59. The van der Waals surface area contributed by atoms with Crippen LogP contribution >= 0.6 is 0 Å². The van der Waals surface area contributed by atoms with Crippen molar-refractivity contribution in [3.63, 3.8) is 0 Å². The number of aromatic amines is 1. The topological polar surface area (TPSA) is 168 Å². The Bertz CT molecular complexity index is 1530. The summed E-state index contributed by atoms with van der Waals surface area (Å²) in [4.78, 5) is 54.7. The van der Waals surface area contributed by atoms with E-state index >= 15 is 0 Å². The molecule has 0 spiro atoms. The van der Waals surface area contributed by atoms with E-state index in [1.165, 1.54) is 10.8 Å². The third-order valence-electron chi connectivity index (χ3n) is 7.62. The highest BCUT2D eigenvalue weighted by atomic mass is 16.6. The molecule has 0 bridgehead atoms. The molecular weight excluding hydrogens is 624 g/mol. The first-order chi connectivity index (χ1) is 23.7. The maximum Gasteiger partial charge on any atom is 0.330 e. The third-order valence-corrected chi connectivity index (χ3v) is 7.62. The van der Waals surface area contributed by atoms with Crippen LogP contribution in [0.4, 0.5) is 0 Å². The maximum atomic E-state index is 13.0. The second-order valence-corrected chi connectivity index (χ2v) is 12.0. The molecule has 12 nitrogen and oxygen atoms in total. The molecule has 1 amide bonds. The molecule has 1 aromatic heterocycles. The molecule has 12 heteroatoms. The molecule has 0 saturated carbocycles. The van der Waals surface area contributed by atoms with Crippen LogP contribution in [0, 0.1) is 12.8 Å². The second-order valence-electron chi connectivity index (χ2n) is 12.0. The van der Waals surface area contributed by atoms with Crippen LogP contribution in [0.25, 0.3) is 10.4 Å². The minimum absolute atomic E-state index is 0.149. The van der Waals surface area contributed by atoms with Crippen molar-refractivity contribution >= 4 is 11.9 Å². The average Bonchev–Trinajstić information content (AvgIpc) is 3.47. The van der Waals surface area contributed by atoms with Crippen LogP contribution in [-0.4, -0.2) is 46.2 Å². The van der Waals surface area contributed by atoms with Crippen LogP contribution in [0.15, 0.2) is 93.8 Å². The summed E-state index contributed by atoms with van der Waals surface area (Å²) in [5.74, 6) is -1.15. The predicted molar refractivity (Wildman–Crippen MR) is 193 cm³/mol. The number of esters is 1. The van der Waals surface area contributed by atoms with Gasteiger partial charge in [0.2, 0.25) is 5.91 Å². The van der Waals surface area contributed by atoms with Crippen molar-refractivity contribution in [2.45, 2.75) is 110 Å². The van der Waals surface area contributed by atoms with Crippen molar-refractivity contribution < 1.29 is 19.1 Å². The Kier molecular flexibility index (Phi) is 19.5. The number of ether oxygens (including phenoxy) is 2. The maximum absolute atomic E-state index is 13.0. The van der Waals surface area contributed by atoms with Crippen LogP contribution in [0.3, 0.4) is 0 Å². The minimum Gasteiger partial charge on any atom is -0.461 e. The number of carbonyl (C=O) groups excluding carboxylic acids is 2. The molecule has 2 heterocycles. The van der Waals surface area contributed by atoms with Gasteiger partial charge >= 0.3 is 11.7 Å². The number of aromatic nitrogens is 2. The number of amides is 1. The molecule has 49 heavy (non-hydrogen) atoms. The Morgan fingerprint density at radius 1 is 1.00 bits per heavy atom. The van der Waals surface area contributed by atoms with Crippen LogP contribution in [0.1, 0.15) is 90.3 Å². The molecule has 1 aliphatic rings. The van der Waals surface area contributed by atoms with Gasteiger partial charge in [-0.1, -0.05) is 98.8 Å². The number of hydrogen-bond donors (Lipinski definition) is 2. The summed E-state index contributed by atoms with van der Waals surface area (Å²) in [5.41, 5.74) is 8.16. The first-order valence-corrected chi connectivity index (χ1v) is 17.1. The number of azide groups is 1. The molecular formula is C37H52N6O6. The Labute approximate surface area is 289 Å². The summed E-state index contributed by atoms with van der Waals surface area (Å²) in [5, 5.41) is 6.50. The lowest BCUT2D eigenvalue weighted by atomic mass is 10.0. The Hall–Kier alpha value is -4.67. The fourth-order valence-corrected chi connectivity index (χ4v) is 4.88. The van der Waals surface area contributed by atoms with Gasteiger partial charge in [0.05, 0.1) is 6.04 Å². The number of allylic oxidation sites excluding steroid dienone is 12. The molecule has 0 radical (unpaired) electrons. The van der Waals surface area contributed by atoms with Crippen molar-refractivity contribution in [3.8, 4) is 0 Å². The Morgan fingerprint density at radius 3 is 2.08 bits per heavy atom. The van der Waals surface area contributed by atoms with Gasteiger partial charge in [-0.25, -0.2) is 9.59 Å². The number of nitrogens with zero attached hydrogens (tertiary/aromatic N) is 4. The smallest absolute Gasteiger partial charge is 0.330 e. The van der Waals surface area contributed by atoms with E-state index < -0.39 is 41.6 Å². The SMILES string of the molecule is CC/C=C\C/C=C\C/C=C\C/C=C\C/C=C\C/C=C\CCC(=O)N[C@H](C(=O)OC[C@H]1O[C@@H](n2cc(C)c(=O)[nH]c2=O)C[C@@H]1N=[N+]=[N-])C(C)C. The molecule has 2 N–H and O–H groups in total. The summed E-state index contributed by atoms with van der Waals surface area (Å²) in [6.07, 6.45) is 31.7. The van der Waals surface area contributed by atoms with Gasteiger partial charge in [-0.15, -0.1) is 0 Å². The van der Waals surface area contributed by atoms with Gasteiger partial charge < -0.3 is 14.8 Å². The zero-order chi connectivity index (χ0) is 35.9. The molecule has 4 atom stereocenters. The molecule has 0 aromatic carbocycles. The van der Waals surface area contributed by atoms with Crippen LogP contribution < -0.4 is 16.6 Å². The van der Waals surface area contributed by atoms with Crippen molar-refractivity contribution in [3.05, 3.63) is 116 Å². The van der Waals surface area contributed by atoms with Crippen LogP contribution in [0.5, 0.6) is 0 Å². The van der Waals surface area contributed by atoms with Gasteiger partial charge in [-0.2, -0.15) is 0 Å². The lowest BCUT2D eigenvalue weighted by Gasteiger charge is -2.22. The summed E-state index contributed by atoms with van der Waals surface area (Å²) in [7, 11) is 0. The third kappa shape index (κ3) is 15.9. The number of carbonyl (C=O) groups is 2. The highest BCUT2D eigenvalue weighted by Crippen LogP contribution is 2.30. The second kappa shape index (κ2) is 23.6. The molecule has 0 unspecified atom stereocenters. The van der Waals surface area contributed by atoms with Gasteiger partial charge in [0.15, 0.2) is 0 Å². The van der Waals surface area contributed by atoms with Gasteiger partial charge in [0.25, 0.3) is 5.56 Å². The van der Waals surface area contributed by atoms with E-state index in [4.69, 9.17) is 15.0 Å². The minimum atomic E-state index is -0.877. The van der Waals surface area contributed by atoms with Gasteiger partial charge in [-0.3, -0.25) is 19.1 Å². The first-order valence-electron chi connectivity index (χ1n) is 17.1. The number of H-pyrrole nitrogens is 1. The lowest BCUT2D eigenvalue weighted by Crippen LogP contribution is -2.46. The Morgan fingerprint density at radius 2 is 1.55 bits per heavy atom. The summed E-state index contributed by atoms with van der Waals surface area (Å²) < 4.78 is 12.6. The van der Waals surface area contributed by atoms with Crippen molar-refractivity contribution in [2.24, 2.45) is 11.0 Å². The summed E-state index contributed by atoms with van der Waals surface area (Å²) >= 11 is 0. The lowest BCUT2D eigenvalue weighted by molar-refractivity contribution is -0.153. The van der Waals surface area contributed by atoms with E-state index in [1.807, 2.05) is 12.2 Å². The zero-order valence-electron chi connectivity index (χ0n) is 29.2. The number of nitrogens with one attached hydrogen (secondary N) is 2. The number of hydrogen-bond acceptors (Lipinski definition) is 7. The van der Waals surface area contributed by atoms with E-state index in [2.05, 4.69) is 88.0 Å². The van der Waals surface area contributed by atoms with Gasteiger partial charge in [-0.05, 0) is 63.3 Å². The van der Waals surface area contributed by atoms with Gasteiger partial charge in [0, 0.05) is 29.5 Å². The van der Waals surface area contributed by atoms with Crippen molar-refractivity contribution in [2.75, 3.05) is 6.61 Å².